The van der Waals surface area contributed by atoms with Crippen LogP contribution in [0, 0.1) is 5.82 Å². The van der Waals surface area contributed by atoms with E-state index in [0.717, 1.165) is 12.1 Å². The number of hydrazine groups is 1. The summed E-state index contributed by atoms with van der Waals surface area (Å²) in [4.78, 5) is 22.5. The minimum atomic E-state index is -0.568. The van der Waals surface area contributed by atoms with Crippen LogP contribution in [-0.4, -0.2) is 24.4 Å². The Morgan fingerprint density at radius 1 is 1.18 bits per heavy atom. The number of amides is 3. The summed E-state index contributed by atoms with van der Waals surface area (Å²) in [7, 11) is 0. The Hall–Kier alpha value is -1.82. The Kier molecular flexibility index (Phi) is 5.22. The second-order valence-corrected chi connectivity index (χ2v) is 3.41. The molecule has 0 atom stereocenters. The molecule has 3 N–H and O–H groups in total. The Balaban J connectivity index is 2.39. The lowest BCUT2D eigenvalue weighted by atomic mass is 10.2. The summed E-state index contributed by atoms with van der Waals surface area (Å²) in [5.74, 6) is -0.695. The minimum Gasteiger partial charge on any atom is -0.336 e. The molecule has 0 fully saturated rings. The SMILES string of the molecule is O=C(NCCCl)NNC(=O)c1ccc(F)cc1. The van der Waals surface area contributed by atoms with Gasteiger partial charge in [-0.2, -0.15) is 0 Å². The van der Waals surface area contributed by atoms with E-state index in [1.807, 2.05) is 0 Å². The van der Waals surface area contributed by atoms with Crippen molar-refractivity contribution in [3.8, 4) is 0 Å². The third-order valence-electron chi connectivity index (χ3n) is 1.78. The highest BCUT2D eigenvalue weighted by Gasteiger charge is 2.06. The summed E-state index contributed by atoms with van der Waals surface area (Å²) in [5, 5.41) is 2.39. The number of carbonyl (C=O) groups excluding carboxylic acids is 2. The van der Waals surface area contributed by atoms with Crippen LogP contribution in [0.1, 0.15) is 10.4 Å². The molecule has 0 aliphatic heterocycles. The number of nitrogens with one attached hydrogen (secondary N) is 3. The summed E-state index contributed by atoms with van der Waals surface area (Å²) >= 11 is 5.35. The summed E-state index contributed by atoms with van der Waals surface area (Å²) in [5.41, 5.74) is 4.53. The number of carbonyl (C=O) groups is 2. The number of urea groups is 1. The highest BCUT2D eigenvalue weighted by Crippen LogP contribution is 2.01. The van der Waals surface area contributed by atoms with Gasteiger partial charge in [-0.15, -0.1) is 11.6 Å². The molecular formula is C10H11ClFN3O2. The molecule has 1 rings (SSSR count). The highest BCUT2D eigenvalue weighted by atomic mass is 35.5. The van der Waals surface area contributed by atoms with Crippen LogP contribution in [0.4, 0.5) is 9.18 Å². The summed E-state index contributed by atoms with van der Waals surface area (Å²) in [6.07, 6.45) is 0. The van der Waals surface area contributed by atoms with E-state index in [0.29, 0.717) is 6.54 Å². The fourth-order valence-electron chi connectivity index (χ4n) is 0.992. The molecule has 1 aromatic carbocycles. The molecule has 0 spiro atoms. The number of benzene rings is 1. The van der Waals surface area contributed by atoms with Crippen molar-refractivity contribution in [2.24, 2.45) is 0 Å². The van der Waals surface area contributed by atoms with Crippen LogP contribution < -0.4 is 16.2 Å². The number of alkyl halides is 1. The maximum Gasteiger partial charge on any atom is 0.333 e. The molecule has 0 aliphatic carbocycles. The normalized spacial score (nSPS) is 9.53. The van der Waals surface area contributed by atoms with E-state index < -0.39 is 17.8 Å². The lowest BCUT2D eigenvalue weighted by molar-refractivity contribution is 0.0936. The van der Waals surface area contributed by atoms with E-state index in [1.165, 1.54) is 12.1 Å². The molecule has 3 amide bonds. The minimum absolute atomic E-state index is 0.240. The average Bonchev–Trinajstić information content (AvgIpc) is 2.34. The molecule has 0 heterocycles. The first-order valence-electron chi connectivity index (χ1n) is 4.79. The zero-order chi connectivity index (χ0) is 12.7. The van der Waals surface area contributed by atoms with Gasteiger partial charge in [-0.3, -0.25) is 10.2 Å². The molecule has 0 aliphatic rings. The number of halogens is 2. The Labute approximate surface area is 102 Å². The Morgan fingerprint density at radius 2 is 1.82 bits per heavy atom. The van der Waals surface area contributed by atoms with Gasteiger partial charge in [0.2, 0.25) is 0 Å². The number of hydrogen-bond donors (Lipinski definition) is 3. The molecule has 7 heteroatoms. The quantitative estimate of drug-likeness (QED) is 0.560. The second kappa shape index (κ2) is 6.70. The van der Waals surface area contributed by atoms with E-state index in [1.54, 1.807) is 0 Å². The van der Waals surface area contributed by atoms with Crippen LogP contribution in [0.3, 0.4) is 0 Å². The average molecular weight is 260 g/mol. The van der Waals surface area contributed by atoms with Crippen molar-refractivity contribution in [1.29, 1.82) is 0 Å². The van der Waals surface area contributed by atoms with E-state index in [9.17, 15) is 14.0 Å². The topological polar surface area (TPSA) is 70.2 Å². The smallest absolute Gasteiger partial charge is 0.333 e. The first-order valence-corrected chi connectivity index (χ1v) is 5.32. The van der Waals surface area contributed by atoms with Crippen LogP contribution in [0.15, 0.2) is 24.3 Å². The van der Waals surface area contributed by atoms with Crippen molar-refractivity contribution in [3.05, 3.63) is 35.6 Å². The Bertz CT molecular complexity index is 397. The second-order valence-electron chi connectivity index (χ2n) is 3.03. The van der Waals surface area contributed by atoms with Gasteiger partial charge in [-0.05, 0) is 24.3 Å². The Morgan fingerprint density at radius 3 is 2.41 bits per heavy atom. The number of rotatable bonds is 3. The van der Waals surface area contributed by atoms with Crippen LogP contribution in [0.5, 0.6) is 0 Å². The highest BCUT2D eigenvalue weighted by molar-refractivity contribution is 6.18. The van der Waals surface area contributed by atoms with Crippen LogP contribution in [-0.2, 0) is 0 Å². The molecule has 0 aromatic heterocycles. The van der Waals surface area contributed by atoms with Crippen molar-refractivity contribution in [2.45, 2.75) is 0 Å². The lowest BCUT2D eigenvalue weighted by Gasteiger charge is -2.07. The van der Waals surface area contributed by atoms with E-state index in [-0.39, 0.29) is 11.4 Å². The van der Waals surface area contributed by atoms with Crippen molar-refractivity contribution in [1.82, 2.24) is 16.2 Å². The van der Waals surface area contributed by atoms with Crippen molar-refractivity contribution < 1.29 is 14.0 Å². The zero-order valence-corrected chi connectivity index (χ0v) is 9.55. The number of hydrogen-bond acceptors (Lipinski definition) is 2. The van der Waals surface area contributed by atoms with Crippen molar-refractivity contribution in [2.75, 3.05) is 12.4 Å². The molecule has 17 heavy (non-hydrogen) atoms. The van der Waals surface area contributed by atoms with E-state index in [2.05, 4.69) is 16.2 Å². The fourth-order valence-corrected chi connectivity index (χ4v) is 1.09. The zero-order valence-electron chi connectivity index (χ0n) is 8.80. The molecule has 92 valence electrons. The standard InChI is InChI=1S/C10H11ClFN3O2/c11-5-6-13-10(17)15-14-9(16)7-1-3-8(12)4-2-7/h1-4H,5-6H2,(H,14,16)(H2,13,15,17). The molecule has 5 nitrogen and oxygen atoms in total. The van der Waals surface area contributed by atoms with E-state index >= 15 is 0 Å². The van der Waals surface area contributed by atoms with Crippen LogP contribution in [0.2, 0.25) is 0 Å². The molecule has 0 unspecified atom stereocenters. The van der Waals surface area contributed by atoms with Crippen LogP contribution >= 0.6 is 11.6 Å². The molecular weight excluding hydrogens is 249 g/mol. The third-order valence-corrected chi connectivity index (χ3v) is 1.97. The van der Waals surface area contributed by atoms with Gasteiger partial charge >= 0.3 is 6.03 Å². The van der Waals surface area contributed by atoms with Gasteiger partial charge in [-0.1, -0.05) is 0 Å². The van der Waals surface area contributed by atoms with Gasteiger partial charge in [-0.25, -0.2) is 14.6 Å². The first-order chi connectivity index (χ1) is 8.13. The summed E-state index contributed by atoms with van der Waals surface area (Å²) in [6, 6.07) is 4.36. The van der Waals surface area contributed by atoms with Crippen molar-refractivity contribution >= 4 is 23.5 Å². The largest absolute Gasteiger partial charge is 0.336 e. The molecule has 1 aromatic rings. The van der Waals surface area contributed by atoms with Gasteiger partial charge < -0.3 is 5.32 Å². The van der Waals surface area contributed by atoms with E-state index in [4.69, 9.17) is 11.6 Å². The van der Waals surface area contributed by atoms with Gasteiger partial charge in [0.1, 0.15) is 5.82 Å². The van der Waals surface area contributed by atoms with Gasteiger partial charge in [0.05, 0.1) is 0 Å². The van der Waals surface area contributed by atoms with Gasteiger partial charge in [0, 0.05) is 18.0 Å². The molecule has 0 saturated carbocycles. The predicted molar refractivity (Wildman–Crippen MR) is 61.1 cm³/mol. The van der Waals surface area contributed by atoms with Gasteiger partial charge in [0.15, 0.2) is 0 Å². The molecule has 0 bridgehead atoms. The van der Waals surface area contributed by atoms with Crippen molar-refractivity contribution in [3.63, 3.8) is 0 Å². The summed E-state index contributed by atoms with van der Waals surface area (Å²) < 4.78 is 12.6. The molecule has 0 saturated heterocycles. The summed E-state index contributed by atoms with van der Waals surface area (Å²) in [6.45, 7) is 0.291. The predicted octanol–water partition coefficient (Wildman–Crippen LogP) is 1.01. The first kappa shape index (κ1) is 13.2. The monoisotopic (exact) mass is 259 g/mol. The maximum absolute atomic E-state index is 12.6. The maximum atomic E-state index is 12.6. The van der Waals surface area contributed by atoms with Crippen LogP contribution in [0.25, 0.3) is 0 Å². The third kappa shape index (κ3) is 4.69. The fraction of sp³-hybridized carbons (Fsp3) is 0.200. The van der Waals surface area contributed by atoms with Gasteiger partial charge in [0.25, 0.3) is 5.91 Å². The molecule has 0 radical (unpaired) electrons. The lowest BCUT2D eigenvalue weighted by Crippen LogP contribution is -2.47.